The minimum Gasteiger partial charge on any atom is -0.480 e. The molecule has 4 rings (SSSR count). The van der Waals surface area contributed by atoms with Gasteiger partial charge in [0, 0.05) is 6.42 Å². The maximum Gasteiger partial charge on any atom is 0.326 e. The van der Waals surface area contributed by atoms with E-state index in [0.717, 1.165) is 17.8 Å². The molecule has 0 heterocycles. The highest BCUT2D eigenvalue weighted by Gasteiger charge is 2.51. The third-order valence-corrected chi connectivity index (χ3v) is 6.12. The lowest BCUT2D eigenvalue weighted by Gasteiger charge is -2.56. The molecule has 0 spiro atoms. The summed E-state index contributed by atoms with van der Waals surface area (Å²) in [5.41, 5.74) is -0.303. The Morgan fingerprint density at radius 2 is 1.55 bits per heavy atom. The average Bonchev–Trinajstić information content (AvgIpc) is 2.31. The molecule has 22 heavy (non-hydrogen) atoms. The third kappa shape index (κ3) is 3.02. The van der Waals surface area contributed by atoms with Crippen LogP contribution in [0.2, 0.25) is 0 Å². The third-order valence-electron chi connectivity index (χ3n) is 6.12. The van der Waals surface area contributed by atoms with Gasteiger partial charge in [0.05, 0.1) is 0 Å². The molecule has 2 N–H and O–H groups in total. The van der Waals surface area contributed by atoms with Crippen LogP contribution in [0, 0.1) is 28.6 Å². The smallest absolute Gasteiger partial charge is 0.326 e. The summed E-state index contributed by atoms with van der Waals surface area (Å²) < 4.78 is 0. The molecule has 1 unspecified atom stereocenters. The fourth-order valence-corrected chi connectivity index (χ4v) is 5.71. The molecule has 1 atom stereocenters. The van der Waals surface area contributed by atoms with Crippen molar-refractivity contribution in [1.82, 2.24) is 5.32 Å². The van der Waals surface area contributed by atoms with Crippen molar-refractivity contribution in [3.05, 3.63) is 0 Å². The highest BCUT2D eigenvalue weighted by atomic mass is 16.4. The van der Waals surface area contributed by atoms with Crippen molar-refractivity contribution in [2.45, 2.75) is 71.8 Å². The van der Waals surface area contributed by atoms with E-state index in [-0.39, 0.29) is 11.3 Å². The van der Waals surface area contributed by atoms with Gasteiger partial charge in [-0.15, -0.1) is 0 Å². The van der Waals surface area contributed by atoms with Crippen molar-refractivity contribution >= 4 is 11.9 Å². The number of carbonyl (C=O) groups is 2. The van der Waals surface area contributed by atoms with Gasteiger partial charge < -0.3 is 10.4 Å². The molecular formula is C18H29NO3. The zero-order valence-electron chi connectivity index (χ0n) is 14.0. The summed E-state index contributed by atoms with van der Waals surface area (Å²) in [6, 6.07) is -0.811. The van der Waals surface area contributed by atoms with E-state index < -0.39 is 17.4 Å². The first-order chi connectivity index (χ1) is 10.2. The van der Waals surface area contributed by atoms with E-state index in [0.29, 0.717) is 6.42 Å². The molecule has 4 saturated carbocycles. The Hall–Kier alpha value is -1.06. The van der Waals surface area contributed by atoms with Crippen LogP contribution >= 0.6 is 0 Å². The van der Waals surface area contributed by atoms with Gasteiger partial charge in [-0.3, -0.25) is 4.79 Å². The molecule has 4 aliphatic carbocycles. The predicted molar refractivity (Wildman–Crippen MR) is 84.2 cm³/mol. The summed E-state index contributed by atoms with van der Waals surface area (Å²) in [6.07, 6.45) is 8.15. The van der Waals surface area contributed by atoms with Crippen molar-refractivity contribution in [1.29, 1.82) is 0 Å². The van der Waals surface area contributed by atoms with E-state index in [4.69, 9.17) is 0 Å². The number of hydrogen-bond acceptors (Lipinski definition) is 2. The van der Waals surface area contributed by atoms with Crippen molar-refractivity contribution in [3.63, 3.8) is 0 Å². The molecule has 0 radical (unpaired) electrons. The minimum absolute atomic E-state index is 0.0655. The van der Waals surface area contributed by atoms with Gasteiger partial charge in [0.2, 0.25) is 5.91 Å². The van der Waals surface area contributed by atoms with E-state index in [1.807, 2.05) is 20.8 Å². The number of carboxylic acid groups (broad SMARTS) is 1. The molecule has 0 aromatic heterocycles. The Morgan fingerprint density at radius 1 is 1.09 bits per heavy atom. The van der Waals surface area contributed by atoms with Gasteiger partial charge >= 0.3 is 5.97 Å². The van der Waals surface area contributed by atoms with Gasteiger partial charge in [-0.1, -0.05) is 20.8 Å². The maximum absolute atomic E-state index is 12.5. The Labute approximate surface area is 133 Å². The van der Waals surface area contributed by atoms with E-state index >= 15 is 0 Å². The first-order valence-electron chi connectivity index (χ1n) is 8.69. The van der Waals surface area contributed by atoms with Crippen LogP contribution < -0.4 is 5.32 Å². The second-order valence-corrected chi connectivity index (χ2v) is 9.30. The fourth-order valence-electron chi connectivity index (χ4n) is 5.71. The van der Waals surface area contributed by atoms with Crippen LogP contribution in [0.5, 0.6) is 0 Å². The Kier molecular flexibility index (Phi) is 3.77. The average molecular weight is 307 g/mol. The first kappa shape index (κ1) is 15.8. The lowest BCUT2D eigenvalue weighted by atomic mass is 9.49. The topological polar surface area (TPSA) is 66.4 Å². The van der Waals surface area contributed by atoms with Gasteiger partial charge in [0.15, 0.2) is 0 Å². The summed E-state index contributed by atoms with van der Waals surface area (Å²) >= 11 is 0. The van der Waals surface area contributed by atoms with Crippen molar-refractivity contribution in [3.8, 4) is 0 Å². The Morgan fingerprint density at radius 3 is 1.91 bits per heavy atom. The first-order valence-corrected chi connectivity index (χ1v) is 8.69. The minimum atomic E-state index is -0.939. The zero-order valence-corrected chi connectivity index (χ0v) is 14.0. The largest absolute Gasteiger partial charge is 0.480 e. The van der Waals surface area contributed by atoms with Crippen LogP contribution in [0.25, 0.3) is 0 Å². The van der Waals surface area contributed by atoms with E-state index in [2.05, 4.69) is 5.32 Å². The summed E-state index contributed by atoms with van der Waals surface area (Å²) in [5, 5.41) is 12.2. The van der Waals surface area contributed by atoms with Gasteiger partial charge in [-0.25, -0.2) is 4.79 Å². The van der Waals surface area contributed by atoms with E-state index in [9.17, 15) is 14.7 Å². The molecule has 0 saturated heterocycles. The van der Waals surface area contributed by atoms with Crippen molar-refractivity contribution < 1.29 is 14.7 Å². The van der Waals surface area contributed by atoms with Gasteiger partial charge in [0.1, 0.15) is 6.04 Å². The van der Waals surface area contributed by atoms with Gasteiger partial charge in [-0.2, -0.15) is 0 Å². The fraction of sp³-hybridized carbons (Fsp3) is 0.889. The van der Waals surface area contributed by atoms with E-state index in [1.54, 1.807) is 0 Å². The van der Waals surface area contributed by atoms with E-state index in [1.165, 1.54) is 38.5 Å². The molecular weight excluding hydrogens is 278 g/mol. The number of amides is 1. The second-order valence-electron chi connectivity index (χ2n) is 9.30. The van der Waals surface area contributed by atoms with Crippen molar-refractivity contribution in [2.24, 2.45) is 28.6 Å². The molecule has 0 aromatic carbocycles. The molecule has 4 bridgehead atoms. The number of carbonyl (C=O) groups excluding carboxylic acids is 1. The molecule has 0 aromatic rings. The van der Waals surface area contributed by atoms with Gasteiger partial charge in [-0.05, 0) is 67.1 Å². The standard InChI is InChI=1S/C18H29NO3/c1-17(2,3)15(16(21)22)19-14(20)10-18-7-11-4-12(8-18)6-13(5-11)9-18/h11-13,15H,4-10H2,1-3H3,(H,19,20)(H,21,22). The number of hydrogen-bond donors (Lipinski definition) is 2. The normalized spacial score (nSPS) is 37.9. The molecule has 1 amide bonds. The number of rotatable bonds is 4. The number of carboxylic acids is 1. The van der Waals surface area contributed by atoms with Crippen LogP contribution in [-0.4, -0.2) is 23.0 Å². The highest BCUT2D eigenvalue weighted by Crippen LogP contribution is 2.61. The summed E-state index contributed by atoms with van der Waals surface area (Å²) in [6.45, 7) is 5.57. The van der Waals surface area contributed by atoms with Crippen LogP contribution in [0.3, 0.4) is 0 Å². The lowest BCUT2D eigenvalue weighted by molar-refractivity contribution is -0.146. The van der Waals surface area contributed by atoms with Crippen molar-refractivity contribution in [2.75, 3.05) is 0 Å². The SMILES string of the molecule is CC(C)(C)C(NC(=O)CC12CC3CC(CC(C3)C1)C2)C(=O)O. The number of nitrogens with one attached hydrogen (secondary N) is 1. The number of aliphatic carboxylic acids is 1. The monoisotopic (exact) mass is 307 g/mol. The summed E-state index contributed by atoms with van der Waals surface area (Å²) in [4.78, 5) is 23.9. The molecule has 124 valence electrons. The Bertz CT molecular complexity index is 442. The second kappa shape index (κ2) is 5.24. The summed E-state index contributed by atoms with van der Waals surface area (Å²) in [5.74, 6) is 1.45. The molecule has 0 aliphatic heterocycles. The maximum atomic E-state index is 12.5. The zero-order chi connectivity index (χ0) is 16.1. The molecule has 4 nitrogen and oxygen atoms in total. The Balaban J connectivity index is 1.65. The summed E-state index contributed by atoms with van der Waals surface area (Å²) in [7, 11) is 0. The van der Waals surface area contributed by atoms with Crippen LogP contribution in [0.4, 0.5) is 0 Å². The molecule has 4 fully saturated rings. The molecule has 4 aliphatic rings. The van der Waals surface area contributed by atoms with Crippen LogP contribution in [-0.2, 0) is 9.59 Å². The van der Waals surface area contributed by atoms with Crippen LogP contribution in [0.1, 0.15) is 65.7 Å². The van der Waals surface area contributed by atoms with Gasteiger partial charge in [0.25, 0.3) is 0 Å². The molecule has 4 heteroatoms. The quantitative estimate of drug-likeness (QED) is 0.838. The van der Waals surface area contributed by atoms with Crippen LogP contribution in [0.15, 0.2) is 0 Å². The predicted octanol–water partition coefficient (Wildman–Crippen LogP) is 3.21. The highest BCUT2D eigenvalue weighted by molar-refractivity contribution is 5.84. The lowest BCUT2D eigenvalue weighted by Crippen LogP contribution is -2.52.